The predicted molar refractivity (Wildman–Crippen MR) is 82.1 cm³/mol. The zero-order chi connectivity index (χ0) is 13.8. The molecule has 1 aliphatic carbocycles. The summed E-state index contributed by atoms with van der Waals surface area (Å²) < 4.78 is 0. The van der Waals surface area contributed by atoms with Gasteiger partial charge in [-0.05, 0) is 31.6 Å². The highest BCUT2D eigenvalue weighted by Gasteiger charge is 2.23. The number of hydrogen-bond donors (Lipinski definition) is 1. The summed E-state index contributed by atoms with van der Waals surface area (Å²) in [4.78, 5) is 11.0. The van der Waals surface area contributed by atoms with Gasteiger partial charge in [-0.15, -0.1) is 0 Å². The summed E-state index contributed by atoms with van der Waals surface area (Å²) in [6.45, 7) is 3.70. The second kappa shape index (κ2) is 6.72. The first-order valence-corrected chi connectivity index (χ1v) is 8.14. The lowest BCUT2D eigenvalue weighted by Gasteiger charge is -2.34. The van der Waals surface area contributed by atoms with Crippen LogP contribution in [0.25, 0.3) is 0 Å². The monoisotopic (exact) mass is 294 g/mol. The van der Waals surface area contributed by atoms with Gasteiger partial charge in [0.2, 0.25) is 0 Å². The van der Waals surface area contributed by atoms with Gasteiger partial charge < -0.3 is 10.2 Å². The number of rotatable bonds is 4. The van der Waals surface area contributed by atoms with Crippen molar-refractivity contribution in [1.82, 2.24) is 14.9 Å². The molecule has 1 N–H and O–H groups in total. The Labute approximate surface area is 125 Å². The summed E-state index contributed by atoms with van der Waals surface area (Å²) in [7, 11) is 0. The number of hydrogen-bond acceptors (Lipinski definition) is 4. The lowest BCUT2D eigenvalue weighted by Crippen LogP contribution is -2.41. The summed E-state index contributed by atoms with van der Waals surface area (Å²) in [5, 5.41) is 3.90. The number of likely N-dealkylation sites (tertiary alicyclic amines) is 1. The van der Waals surface area contributed by atoms with E-state index in [0.29, 0.717) is 11.2 Å². The first-order valence-electron chi connectivity index (χ1n) is 7.76. The molecular weight excluding hydrogens is 272 g/mol. The Morgan fingerprint density at radius 2 is 1.90 bits per heavy atom. The average molecular weight is 295 g/mol. The summed E-state index contributed by atoms with van der Waals surface area (Å²) >= 11 is 5.86. The fourth-order valence-corrected chi connectivity index (χ4v) is 3.59. The average Bonchev–Trinajstić information content (AvgIpc) is 2.94. The van der Waals surface area contributed by atoms with E-state index >= 15 is 0 Å². The van der Waals surface area contributed by atoms with Crippen LogP contribution in [0, 0.1) is 5.92 Å². The second-order valence-electron chi connectivity index (χ2n) is 6.10. The maximum Gasteiger partial charge on any atom is 0.149 e. The normalized spacial score (nSPS) is 22.2. The van der Waals surface area contributed by atoms with Gasteiger partial charge >= 0.3 is 0 Å². The van der Waals surface area contributed by atoms with E-state index in [9.17, 15) is 0 Å². The largest absolute Gasteiger partial charge is 0.366 e. The minimum atomic E-state index is 0.452. The van der Waals surface area contributed by atoms with Crippen molar-refractivity contribution < 1.29 is 0 Å². The zero-order valence-electron chi connectivity index (χ0n) is 11.9. The minimum absolute atomic E-state index is 0.452. The molecule has 2 aliphatic rings. The van der Waals surface area contributed by atoms with Crippen molar-refractivity contribution in [3.63, 3.8) is 0 Å². The van der Waals surface area contributed by atoms with E-state index in [4.69, 9.17) is 11.6 Å². The third kappa shape index (κ3) is 3.83. The van der Waals surface area contributed by atoms with E-state index in [1.165, 1.54) is 58.2 Å². The van der Waals surface area contributed by atoms with Crippen LogP contribution < -0.4 is 5.32 Å². The molecule has 1 saturated heterocycles. The van der Waals surface area contributed by atoms with Crippen molar-refractivity contribution in [2.45, 2.75) is 44.6 Å². The molecule has 5 heteroatoms. The molecule has 3 rings (SSSR count). The molecule has 1 aromatic heterocycles. The number of nitrogens with one attached hydrogen (secondary N) is 1. The molecule has 1 aliphatic heterocycles. The maximum absolute atomic E-state index is 5.86. The Bertz CT molecular complexity index is 426. The van der Waals surface area contributed by atoms with Crippen molar-refractivity contribution >= 4 is 17.4 Å². The van der Waals surface area contributed by atoms with Crippen molar-refractivity contribution in [2.24, 2.45) is 5.92 Å². The van der Waals surface area contributed by atoms with Crippen LogP contribution in [0.15, 0.2) is 12.4 Å². The first kappa shape index (κ1) is 14.1. The molecule has 1 aromatic rings. The molecule has 0 unspecified atom stereocenters. The van der Waals surface area contributed by atoms with E-state index < -0.39 is 0 Å². The second-order valence-corrected chi connectivity index (χ2v) is 6.48. The highest BCUT2D eigenvalue weighted by Crippen LogP contribution is 2.26. The predicted octanol–water partition coefficient (Wildman–Crippen LogP) is 3.20. The molecule has 0 spiro atoms. The van der Waals surface area contributed by atoms with Crippen LogP contribution in [0.1, 0.15) is 38.5 Å². The Morgan fingerprint density at radius 1 is 1.15 bits per heavy atom. The van der Waals surface area contributed by atoms with Crippen molar-refractivity contribution in [3.8, 4) is 0 Å². The molecule has 4 nitrogen and oxygen atoms in total. The lowest BCUT2D eigenvalue weighted by molar-refractivity contribution is 0.189. The lowest BCUT2D eigenvalue weighted by atomic mass is 10.0. The Kier molecular flexibility index (Phi) is 4.73. The maximum atomic E-state index is 5.86. The van der Waals surface area contributed by atoms with Gasteiger partial charge in [-0.25, -0.2) is 4.98 Å². The number of aromatic nitrogens is 2. The molecular formula is C15H23ClN4. The highest BCUT2D eigenvalue weighted by molar-refractivity contribution is 6.29. The number of nitrogens with zero attached hydrogens (tertiary/aromatic N) is 3. The van der Waals surface area contributed by atoms with Crippen LogP contribution in [-0.4, -0.2) is 40.5 Å². The van der Waals surface area contributed by atoms with Gasteiger partial charge in [0.25, 0.3) is 0 Å². The molecule has 0 radical (unpaired) electrons. The quantitative estimate of drug-likeness (QED) is 0.926. The molecule has 2 fully saturated rings. The molecule has 0 atom stereocenters. The van der Waals surface area contributed by atoms with E-state index in [1.54, 1.807) is 12.4 Å². The van der Waals surface area contributed by atoms with Gasteiger partial charge in [-0.2, -0.15) is 0 Å². The van der Waals surface area contributed by atoms with Gasteiger partial charge in [0.1, 0.15) is 11.0 Å². The van der Waals surface area contributed by atoms with Gasteiger partial charge in [0.15, 0.2) is 0 Å². The van der Waals surface area contributed by atoms with Gasteiger partial charge in [0.05, 0.1) is 12.4 Å². The van der Waals surface area contributed by atoms with Crippen LogP contribution in [0.5, 0.6) is 0 Å². The number of halogens is 1. The topological polar surface area (TPSA) is 41.1 Å². The molecule has 110 valence electrons. The number of piperidine rings is 1. The fourth-order valence-electron chi connectivity index (χ4n) is 3.44. The minimum Gasteiger partial charge on any atom is -0.366 e. The Hall–Kier alpha value is -0.870. The molecule has 0 amide bonds. The van der Waals surface area contributed by atoms with Gasteiger partial charge in [0, 0.05) is 25.7 Å². The van der Waals surface area contributed by atoms with Crippen LogP contribution in [0.4, 0.5) is 5.82 Å². The summed E-state index contributed by atoms with van der Waals surface area (Å²) in [6.07, 6.45) is 11.4. The van der Waals surface area contributed by atoms with Crippen molar-refractivity contribution in [3.05, 3.63) is 17.5 Å². The van der Waals surface area contributed by atoms with Crippen LogP contribution >= 0.6 is 11.6 Å². The van der Waals surface area contributed by atoms with Gasteiger partial charge in [-0.1, -0.05) is 24.4 Å². The van der Waals surface area contributed by atoms with Gasteiger partial charge in [-0.3, -0.25) is 4.98 Å². The van der Waals surface area contributed by atoms with Crippen molar-refractivity contribution in [1.29, 1.82) is 0 Å². The van der Waals surface area contributed by atoms with Crippen LogP contribution in [-0.2, 0) is 0 Å². The summed E-state index contributed by atoms with van der Waals surface area (Å²) in [6, 6.07) is 0.502. The highest BCUT2D eigenvalue weighted by atomic mass is 35.5. The smallest absolute Gasteiger partial charge is 0.149 e. The standard InChI is InChI=1S/C15H23ClN4/c16-14-9-17-10-15(19-14)18-13-5-7-20(8-6-13)11-12-3-1-2-4-12/h9-10,12-13H,1-8,11H2,(H,18,19). The Balaban J connectivity index is 1.43. The summed E-state index contributed by atoms with van der Waals surface area (Å²) in [5.41, 5.74) is 0. The van der Waals surface area contributed by atoms with Crippen LogP contribution in [0.3, 0.4) is 0 Å². The SMILES string of the molecule is Clc1cncc(NC2CCN(CC3CCCC3)CC2)n1. The molecule has 0 bridgehead atoms. The van der Waals surface area contributed by atoms with Crippen LogP contribution in [0.2, 0.25) is 5.15 Å². The fraction of sp³-hybridized carbons (Fsp3) is 0.733. The molecule has 0 aromatic carbocycles. The number of anilines is 1. The van der Waals surface area contributed by atoms with E-state index in [1.807, 2.05) is 0 Å². The third-order valence-corrected chi connectivity index (χ3v) is 4.72. The molecule has 2 heterocycles. The first-order chi connectivity index (χ1) is 9.79. The molecule has 20 heavy (non-hydrogen) atoms. The van der Waals surface area contributed by atoms with Crippen molar-refractivity contribution in [2.75, 3.05) is 25.0 Å². The third-order valence-electron chi connectivity index (χ3n) is 4.54. The van der Waals surface area contributed by atoms with E-state index in [2.05, 4.69) is 20.2 Å². The summed E-state index contributed by atoms with van der Waals surface area (Å²) in [5.74, 6) is 1.75. The van der Waals surface area contributed by atoms with E-state index in [-0.39, 0.29) is 0 Å². The van der Waals surface area contributed by atoms with E-state index in [0.717, 1.165) is 11.7 Å². The zero-order valence-corrected chi connectivity index (χ0v) is 12.6. The molecule has 1 saturated carbocycles. The Morgan fingerprint density at radius 3 is 2.60 bits per heavy atom.